The molecular formula is C19H29NO4S. The summed E-state index contributed by atoms with van der Waals surface area (Å²) in [4.78, 5) is 14.3. The maximum Gasteiger partial charge on any atom is 0.260 e. The largest absolute Gasteiger partial charge is 0.484 e. The average Bonchev–Trinajstić information content (AvgIpc) is 2.90. The van der Waals surface area contributed by atoms with Crippen LogP contribution in [0.2, 0.25) is 0 Å². The number of hydrogen-bond acceptors (Lipinski definition) is 4. The second kappa shape index (κ2) is 8.21. The van der Waals surface area contributed by atoms with Crippen molar-refractivity contribution in [1.29, 1.82) is 0 Å². The number of hydrogen-bond donors (Lipinski definition) is 0. The maximum atomic E-state index is 12.6. The first-order valence-corrected chi connectivity index (χ1v) is 10.7. The SMILES string of the molecule is CC(C)CN(C(=O)COc1ccc(C(C)C)cc1)[C@@H]1CCS(=O)(=O)C1. The monoisotopic (exact) mass is 367 g/mol. The number of benzene rings is 1. The Labute approximate surface area is 151 Å². The van der Waals surface area contributed by atoms with E-state index in [1.165, 1.54) is 5.56 Å². The number of carbonyl (C=O) groups is 1. The van der Waals surface area contributed by atoms with Crippen molar-refractivity contribution in [3.63, 3.8) is 0 Å². The second-order valence-corrected chi connectivity index (χ2v) is 9.74. The first kappa shape index (κ1) is 19.8. The zero-order valence-electron chi connectivity index (χ0n) is 15.6. The van der Waals surface area contributed by atoms with Gasteiger partial charge >= 0.3 is 0 Å². The van der Waals surface area contributed by atoms with E-state index in [2.05, 4.69) is 13.8 Å². The van der Waals surface area contributed by atoms with Crippen LogP contribution in [0.4, 0.5) is 0 Å². The Balaban J connectivity index is 1.99. The lowest BCUT2D eigenvalue weighted by Gasteiger charge is -2.30. The van der Waals surface area contributed by atoms with E-state index in [4.69, 9.17) is 4.74 Å². The van der Waals surface area contributed by atoms with Crippen LogP contribution in [0, 0.1) is 5.92 Å². The lowest BCUT2D eigenvalue weighted by molar-refractivity contribution is -0.135. The zero-order valence-corrected chi connectivity index (χ0v) is 16.4. The summed E-state index contributed by atoms with van der Waals surface area (Å²) in [7, 11) is -3.02. The molecule has 25 heavy (non-hydrogen) atoms. The Morgan fingerprint density at radius 3 is 2.32 bits per heavy atom. The molecule has 2 rings (SSSR count). The summed E-state index contributed by atoms with van der Waals surface area (Å²) >= 11 is 0. The van der Waals surface area contributed by atoms with E-state index < -0.39 is 9.84 Å². The van der Waals surface area contributed by atoms with Crippen LogP contribution in [0.3, 0.4) is 0 Å². The van der Waals surface area contributed by atoms with Gasteiger partial charge in [0.2, 0.25) is 0 Å². The third kappa shape index (κ3) is 5.73. The summed E-state index contributed by atoms with van der Waals surface area (Å²) in [5.41, 5.74) is 1.22. The van der Waals surface area contributed by atoms with Gasteiger partial charge in [-0.15, -0.1) is 0 Å². The van der Waals surface area contributed by atoms with Gasteiger partial charge in [-0.3, -0.25) is 4.79 Å². The molecule has 6 heteroatoms. The third-order valence-corrected chi connectivity index (χ3v) is 6.19. The molecule has 1 aliphatic rings. The van der Waals surface area contributed by atoms with Gasteiger partial charge in [0.15, 0.2) is 16.4 Å². The molecule has 140 valence electrons. The molecule has 1 amide bonds. The number of sulfone groups is 1. The standard InChI is InChI=1S/C19H29NO4S/c1-14(2)11-20(17-9-10-25(22,23)13-17)19(21)12-24-18-7-5-16(6-8-18)15(3)4/h5-8,14-15,17H,9-13H2,1-4H3/t17-/m1/s1. The van der Waals surface area contributed by atoms with E-state index in [0.29, 0.717) is 24.6 Å². The van der Waals surface area contributed by atoms with Crippen molar-refractivity contribution in [3.8, 4) is 5.75 Å². The maximum absolute atomic E-state index is 12.6. The van der Waals surface area contributed by atoms with Crippen molar-refractivity contribution in [2.24, 2.45) is 5.92 Å². The Morgan fingerprint density at radius 2 is 1.84 bits per heavy atom. The molecular weight excluding hydrogens is 338 g/mol. The topological polar surface area (TPSA) is 63.7 Å². The fourth-order valence-electron chi connectivity index (χ4n) is 3.05. The van der Waals surface area contributed by atoms with Crippen LogP contribution in [-0.4, -0.2) is 49.9 Å². The van der Waals surface area contributed by atoms with Gasteiger partial charge < -0.3 is 9.64 Å². The summed E-state index contributed by atoms with van der Waals surface area (Å²) in [6.07, 6.45) is 0.518. The molecule has 0 aromatic heterocycles. The highest BCUT2D eigenvalue weighted by molar-refractivity contribution is 7.91. The molecule has 1 aliphatic heterocycles. The molecule has 1 aromatic carbocycles. The van der Waals surface area contributed by atoms with Gasteiger partial charge in [0.05, 0.1) is 11.5 Å². The minimum Gasteiger partial charge on any atom is -0.484 e. The highest BCUT2D eigenvalue weighted by atomic mass is 32.2. The number of rotatable bonds is 7. The van der Waals surface area contributed by atoms with Gasteiger partial charge in [0, 0.05) is 12.6 Å². The molecule has 0 radical (unpaired) electrons. The third-order valence-electron chi connectivity index (χ3n) is 4.44. The van der Waals surface area contributed by atoms with Crippen molar-refractivity contribution in [2.75, 3.05) is 24.7 Å². The molecule has 0 saturated carbocycles. The van der Waals surface area contributed by atoms with Crippen LogP contribution in [0.5, 0.6) is 5.75 Å². The summed E-state index contributed by atoms with van der Waals surface area (Å²) in [5.74, 6) is 1.45. The van der Waals surface area contributed by atoms with Crippen LogP contribution in [0.25, 0.3) is 0 Å². The van der Waals surface area contributed by atoms with Crippen molar-refractivity contribution in [1.82, 2.24) is 4.90 Å². The van der Waals surface area contributed by atoms with Gasteiger partial charge in [-0.2, -0.15) is 0 Å². The van der Waals surface area contributed by atoms with Gasteiger partial charge in [0.25, 0.3) is 5.91 Å². The van der Waals surface area contributed by atoms with Crippen molar-refractivity contribution < 1.29 is 17.9 Å². The van der Waals surface area contributed by atoms with E-state index in [1.54, 1.807) is 4.90 Å². The zero-order chi connectivity index (χ0) is 18.6. The van der Waals surface area contributed by atoms with Crippen molar-refractivity contribution in [2.45, 2.75) is 46.1 Å². The average molecular weight is 368 g/mol. The van der Waals surface area contributed by atoms with E-state index in [1.807, 2.05) is 38.1 Å². The van der Waals surface area contributed by atoms with Crippen LogP contribution in [0.1, 0.15) is 45.6 Å². The first-order chi connectivity index (χ1) is 11.7. The predicted octanol–water partition coefficient (Wildman–Crippen LogP) is 2.86. The lowest BCUT2D eigenvalue weighted by Crippen LogP contribution is -2.45. The number of carbonyl (C=O) groups excluding carboxylic acids is 1. The molecule has 0 aliphatic carbocycles. The molecule has 0 spiro atoms. The van der Waals surface area contributed by atoms with E-state index >= 15 is 0 Å². The number of nitrogens with zero attached hydrogens (tertiary/aromatic N) is 1. The number of ether oxygens (including phenoxy) is 1. The van der Waals surface area contributed by atoms with Gasteiger partial charge in [0.1, 0.15) is 5.75 Å². The summed E-state index contributed by atoms with van der Waals surface area (Å²) < 4.78 is 29.1. The van der Waals surface area contributed by atoms with E-state index in [-0.39, 0.29) is 36.0 Å². The quantitative estimate of drug-likeness (QED) is 0.743. The Bertz CT molecular complexity index is 680. The molecule has 1 aromatic rings. The Kier molecular flexibility index (Phi) is 6.49. The lowest BCUT2D eigenvalue weighted by atomic mass is 10.0. The van der Waals surface area contributed by atoms with Crippen LogP contribution in [0.15, 0.2) is 24.3 Å². The summed E-state index contributed by atoms with van der Waals surface area (Å²) in [6.45, 7) is 8.78. The van der Waals surface area contributed by atoms with Crippen LogP contribution < -0.4 is 4.74 Å². The first-order valence-electron chi connectivity index (χ1n) is 8.90. The molecule has 0 unspecified atom stereocenters. The van der Waals surface area contributed by atoms with Crippen LogP contribution in [-0.2, 0) is 14.6 Å². The number of amides is 1. The smallest absolute Gasteiger partial charge is 0.260 e. The van der Waals surface area contributed by atoms with Crippen LogP contribution >= 0.6 is 0 Å². The van der Waals surface area contributed by atoms with E-state index in [0.717, 1.165) is 0 Å². The molecule has 1 fully saturated rings. The molecule has 1 saturated heterocycles. The Hall–Kier alpha value is -1.56. The molecule has 0 N–H and O–H groups in total. The molecule has 5 nitrogen and oxygen atoms in total. The highest BCUT2D eigenvalue weighted by Gasteiger charge is 2.34. The normalized spacial score (nSPS) is 19.4. The van der Waals surface area contributed by atoms with Crippen molar-refractivity contribution >= 4 is 15.7 Å². The van der Waals surface area contributed by atoms with Gasteiger partial charge in [-0.05, 0) is 36.0 Å². The minimum absolute atomic E-state index is 0.0640. The van der Waals surface area contributed by atoms with E-state index in [9.17, 15) is 13.2 Å². The summed E-state index contributed by atoms with van der Waals surface area (Å²) in [6, 6.07) is 7.51. The van der Waals surface area contributed by atoms with Gasteiger partial charge in [-0.25, -0.2) is 8.42 Å². The molecule has 1 atom stereocenters. The molecule has 0 bridgehead atoms. The van der Waals surface area contributed by atoms with Crippen molar-refractivity contribution in [3.05, 3.63) is 29.8 Å². The minimum atomic E-state index is -3.02. The summed E-state index contributed by atoms with van der Waals surface area (Å²) in [5, 5.41) is 0. The fraction of sp³-hybridized carbons (Fsp3) is 0.632. The fourth-order valence-corrected chi connectivity index (χ4v) is 4.78. The predicted molar refractivity (Wildman–Crippen MR) is 99.6 cm³/mol. The van der Waals surface area contributed by atoms with Gasteiger partial charge in [-0.1, -0.05) is 39.8 Å². The highest BCUT2D eigenvalue weighted by Crippen LogP contribution is 2.21. The second-order valence-electron chi connectivity index (χ2n) is 7.51. The molecule has 1 heterocycles. The Morgan fingerprint density at radius 1 is 1.20 bits per heavy atom.